The second-order valence-corrected chi connectivity index (χ2v) is 3.46. The van der Waals surface area contributed by atoms with Crippen LogP contribution >= 0.6 is 0 Å². The zero-order valence-corrected chi connectivity index (χ0v) is 10.0. The van der Waals surface area contributed by atoms with Gasteiger partial charge in [-0.15, -0.1) is 0 Å². The fourth-order valence-corrected chi connectivity index (χ4v) is 1.30. The first-order valence-electron chi connectivity index (χ1n) is 5.38. The van der Waals surface area contributed by atoms with Crippen LogP contribution in [-0.2, 0) is 9.47 Å². The zero-order valence-electron chi connectivity index (χ0n) is 10.0. The molecule has 0 unspecified atom stereocenters. The molecule has 18 heavy (non-hydrogen) atoms. The fraction of sp³-hybridized carbons (Fsp3) is 0.417. The van der Waals surface area contributed by atoms with Crippen LogP contribution in [-0.4, -0.2) is 33.5 Å². The summed E-state index contributed by atoms with van der Waals surface area (Å²) in [5.74, 6) is -1.58. The van der Waals surface area contributed by atoms with Gasteiger partial charge in [-0.1, -0.05) is 0 Å². The van der Waals surface area contributed by atoms with Crippen molar-refractivity contribution >= 4 is 5.69 Å². The van der Waals surface area contributed by atoms with Crippen LogP contribution in [0.2, 0.25) is 0 Å². The molecule has 0 atom stereocenters. The first kappa shape index (κ1) is 14.4. The van der Waals surface area contributed by atoms with Gasteiger partial charge in [0.2, 0.25) is 0 Å². The normalized spacial score (nSPS) is 10.1. The van der Waals surface area contributed by atoms with E-state index in [0.29, 0.717) is 19.8 Å². The van der Waals surface area contributed by atoms with Crippen LogP contribution in [0, 0.1) is 23.0 Å². The number of halogens is 2. The van der Waals surface area contributed by atoms with Crippen LogP contribution in [0.25, 0.3) is 0 Å². The summed E-state index contributed by atoms with van der Waals surface area (Å²) in [6.45, 7) is 1.47. The molecule has 1 aromatic rings. The van der Waals surface area contributed by atoms with Crippen molar-refractivity contribution in [2.75, 3.05) is 38.8 Å². The third-order valence-corrected chi connectivity index (χ3v) is 2.15. The third kappa shape index (κ3) is 4.28. The molecule has 0 spiro atoms. The summed E-state index contributed by atoms with van der Waals surface area (Å²) in [7, 11) is 1.56. The number of rotatable bonds is 7. The van der Waals surface area contributed by atoms with Crippen LogP contribution in [0.5, 0.6) is 0 Å². The Labute approximate surface area is 104 Å². The summed E-state index contributed by atoms with van der Waals surface area (Å²) in [4.78, 5) is 0. The molecule has 0 radical (unpaired) electrons. The highest BCUT2D eigenvalue weighted by atomic mass is 19.1. The molecule has 6 heteroatoms. The first-order valence-corrected chi connectivity index (χ1v) is 5.38. The maximum absolute atomic E-state index is 13.4. The molecular formula is C12H14F2N2O2. The van der Waals surface area contributed by atoms with Crippen LogP contribution in [0.1, 0.15) is 5.56 Å². The van der Waals surface area contributed by atoms with Gasteiger partial charge in [-0.2, -0.15) is 5.26 Å². The lowest BCUT2D eigenvalue weighted by Crippen LogP contribution is -2.13. The largest absolute Gasteiger partial charge is 0.382 e. The summed E-state index contributed by atoms with van der Waals surface area (Å²) in [5.41, 5.74) is -0.295. The van der Waals surface area contributed by atoms with E-state index < -0.39 is 11.6 Å². The third-order valence-electron chi connectivity index (χ3n) is 2.15. The Hall–Kier alpha value is -1.71. The van der Waals surface area contributed by atoms with E-state index in [4.69, 9.17) is 14.7 Å². The number of hydrogen-bond acceptors (Lipinski definition) is 4. The van der Waals surface area contributed by atoms with Crippen molar-refractivity contribution in [1.29, 1.82) is 5.26 Å². The number of nitriles is 1. The number of anilines is 1. The quantitative estimate of drug-likeness (QED) is 0.757. The lowest BCUT2D eigenvalue weighted by atomic mass is 10.2. The van der Waals surface area contributed by atoms with E-state index in [-0.39, 0.29) is 17.8 Å². The van der Waals surface area contributed by atoms with Crippen molar-refractivity contribution in [3.05, 3.63) is 29.3 Å². The maximum atomic E-state index is 13.4. The van der Waals surface area contributed by atoms with Gasteiger partial charge in [0, 0.05) is 13.7 Å². The molecule has 1 N–H and O–H groups in total. The van der Waals surface area contributed by atoms with Gasteiger partial charge in [0.15, 0.2) is 11.6 Å². The van der Waals surface area contributed by atoms with E-state index in [1.165, 1.54) is 0 Å². The highest BCUT2D eigenvalue weighted by Crippen LogP contribution is 2.20. The smallest absolute Gasteiger partial charge is 0.150 e. The number of nitrogens with zero attached hydrogens (tertiary/aromatic N) is 1. The minimum Gasteiger partial charge on any atom is -0.382 e. The van der Waals surface area contributed by atoms with Crippen LogP contribution in [0.4, 0.5) is 14.5 Å². The van der Waals surface area contributed by atoms with Gasteiger partial charge in [0.25, 0.3) is 0 Å². The molecule has 0 aliphatic rings. The summed E-state index contributed by atoms with van der Waals surface area (Å²) in [6.07, 6.45) is 0. The molecule has 0 saturated carbocycles. The van der Waals surface area contributed by atoms with Crippen LogP contribution in [0.3, 0.4) is 0 Å². The average Bonchev–Trinajstić information content (AvgIpc) is 2.35. The van der Waals surface area contributed by atoms with Gasteiger partial charge >= 0.3 is 0 Å². The molecule has 0 amide bonds. The molecule has 0 aliphatic heterocycles. The Balaban J connectivity index is 2.45. The number of benzene rings is 1. The topological polar surface area (TPSA) is 54.3 Å². The van der Waals surface area contributed by atoms with Gasteiger partial charge < -0.3 is 14.8 Å². The van der Waals surface area contributed by atoms with Gasteiger partial charge in [-0.3, -0.25) is 0 Å². The molecule has 1 aromatic carbocycles. The highest BCUT2D eigenvalue weighted by molar-refractivity contribution is 5.50. The second-order valence-electron chi connectivity index (χ2n) is 3.46. The summed E-state index contributed by atoms with van der Waals surface area (Å²) >= 11 is 0. The Morgan fingerprint density at radius 2 is 1.89 bits per heavy atom. The predicted molar refractivity (Wildman–Crippen MR) is 62.3 cm³/mol. The number of nitrogens with one attached hydrogen (secondary N) is 1. The van der Waals surface area contributed by atoms with Crippen molar-refractivity contribution < 1.29 is 18.3 Å². The summed E-state index contributed by atoms with van der Waals surface area (Å²) in [6, 6.07) is 3.65. The van der Waals surface area contributed by atoms with Gasteiger partial charge in [-0.05, 0) is 12.1 Å². The maximum Gasteiger partial charge on any atom is 0.150 e. The Morgan fingerprint density at radius 1 is 1.22 bits per heavy atom. The van der Waals surface area contributed by atoms with Gasteiger partial charge in [-0.25, -0.2) is 8.78 Å². The lowest BCUT2D eigenvalue weighted by molar-refractivity contribution is 0.0759. The molecular weight excluding hydrogens is 242 g/mol. The number of methoxy groups -OCH3 is 1. The van der Waals surface area contributed by atoms with Crippen molar-refractivity contribution in [2.24, 2.45) is 0 Å². The average molecular weight is 256 g/mol. The van der Waals surface area contributed by atoms with Crippen molar-refractivity contribution in [1.82, 2.24) is 0 Å². The number of hydrogen-bond donors (Lipinski definition) is 1. The lowest BCUT2D eigenvalue weighted by Gasteiger charge is -2.09. The molecule has 0 aromatic heterocycles. The van der Waals surface area contributed by atoms with E-state index in [0.717, 1.165) is 12.1 Å². The minimum absolute atomic E-state index is 0.0492. The molecule has 0 fully saturated rings. The van der Waals surface area contributed by atoms with Crippen molar-refractivity contribution in [3.8, 4) is 6.07 Å². The Morgan fingerprint density at radius 3 is 2.44 bits per heavy atom. The molecule has 4 nitrogen and oxygen atoms in total. The second kappa shape index (κ2) is 7.58. The minimum atomic E-state index is -0.788. The molecule has 0 saturated heterocycles. The Bertz CT molecular complexity index is 410. The van der Waals surface area contributed by atoms with Gasteiger partial charge in [0.1, 0.15) is 5.69 Å². The standard InChI is InChI=1S/C12H14F2N2O2/c1-17-4-5-18-3-2-16-12-10(13)6-9(8-15)7-11(12)14/h6-7,16H,2-5H2,1H3. The zero-order chi connectivity index (χ0) is 13.4. The number of ether oxygens (including phenoxy) is 2. The highest BCUT2D eigenvalue weighted by Gasteiger charge is 2.10. The molecule has 0 heterocycles. The van der Waals surface area contributed by atoms with E-state index in [1.54, 1.807) is 13.2 Å². The monoisotopic (exact) mass is 256 g/mol. The van der Waals surface area contributed by atoms with E-state index in [1.807, 2.05) is 0 Å². The van der Waals surface area contributed by atoms with E-state index in [2.05, 4.69) is 5.32 Å². The van der Waals surface area contributed by atoms with E-state index in [9.17, 15) is 8.78 Å². The van der Waals surface area contributed by atoms with Crippen LogP contribution in [0.15, 0.2) is 12.1 Å². The Kier molecular flexibility index (Phi) is 6.05. The molecule has 98 valence electrons. The molecule has 1 rings (SSSR count). The predicted octanol–water partition coefficient (Wildman–Crippen LogP) is 1.91. The van der Waals surface area contributed by atoms with E-state index >= 15 is 0 Å². The molecule has 0 bridgehead atoms. The van der Waals surface area contributed by atoms with Crippen molar-refractivity contribution in [2.45, 2.75) is 0 Å². The van der Waals surface area contributed by atoms with Gasteiger partial charge in [0.05, 0.1) is 31.5 Å². The SMILES string of the molecule is COCCOCCNc1c(F)cc(C#N)cc1F. The molecule has 0 aliphatic carbocycles. The fourth-order valence-electron chi connectivity index (χ4n) is 1.30. The van der Waals surface area contributed by atoms with Crippen LogP contribution < -0.4 is 5.32 Å². The summed E-state index contributed by atoms with van der Waals surface area (Å²) < 4.78 is 36.7. The summed E-state index contributed by atoms with van der Waals surface area (Å²) in [5, 5.41) is 11.1. The van der Waals surface area contributed by atoms with Crippen molar-refractivity contribution in [3.63, 3.8) is 0 Å². The first-order chi connectivity index (χ1) is 8.69.